The molecule has 0 bridgehead atoms. The van der Waals surface area contributed by atoms with Crippen LogP contribution in [0.4, 0.5) is 11.5 Å². The molecule has 1 aromatic carbocycles. The minimum absolute atomic E-state index is 0.246. The molecular formula is C19H24N4O3. The van der Waals surface area contributed by atoms with Crippen LogP contribution in [-0.2, 0) is 10.3 Å². The predicted molar refractivity (Wildman–Crippen MR) is 99.6 cm³/mol. The molecule has 1 aromatic heterocycles. The Morgan fingerprint density at radius 3 is 2.50 bits per heavy atom. The lowest BCUT2D eigenvalue weighted by Crippen LogP contribution is -2.36. The molecule has 1 aliphatic rings. The van der Waals surface area contributed by atoms with Gasteiger partial charge in [-0.15, -0.1) is 0 Å². The lowest BCUT2D eigenvalue weighted by atomic mass is 10.1. The lowest BCUT2D eigenvalue weighted by Gasteiger charge is -2.30. The van der Waals surface area contributed by atoms with Gasteiger partial charge in [0.25, 0.3) is 5.91 Å². The highest BCUT2D eigenvalue weighted by molar-refractivity contribution is 6.07. The van der Waals surface area contributed by atoms with E-state index in [4.69, 9.17) is 0 Å². The summed E-state index contributed by atoms with van der Waals surface area (Å²) < 4.78 is 1.33. The van der Waals surface area contributed by atoms with Gasteiger partial charge in [0, 0.05) is 31.0 Å². The fourth-order valence-corrected chi connectivity index (χ4v) is 3.06. The molecule has 1 aliphatic heterocycles. The Kier molecular flexibility index (Phi) is 4.97. The van der Waals surface area contributed by atoms with Gasteiger partial charge in [0.1, 0.15) is 0 Å². The van der Waals surface area contributed by atoms with E-state index in [0.717, 1.165) is 31.6 Å². The van der Waals surface area contributed by atoms with Gasteiger partial charge >= 0.3 is 5.97 Å². The Balaban J connectivity index is 1.79. The number of carboxylic acid groups (broad SMARTS) is 1. The van der Waals surface area contributed by atoms with Gasteiger partial charge in [0.15, 0.2) is 11.4 Å². The van der Waals surface area contributed by atoms with Gasteiger partial charge in [-0.05, 0) is 45.2 Å². The quantitative estimate of drug-likeness (QED) is 0.860. The number of nitrogens with one attached hydrogen (secondary N) is 1. The van der Waals surface area contributed by atoms with Crippen LogP contribution in [0.2, 0.25) is 0 Å². The third-order valence-electron chi connectivity index (χ3n) is 4.77. The van der Waals surface area contributed by atoms with Crippen molar-refractivity contribution >= 4 is 23.4 Å². The lowest BCUT2D eigenvalue weighted by molar-refractivity contribution is -0.146. The van der Waals surface area contributed by atoms with Crippen molar-refractivity contribution in [3.63, 3.8) is 0 Å². The van der Waals surface area contributed by atoms with Crippen LogP contribution in [0.1, 0.15) is 43.5 Å². The number of hydrogen-bond donors (Lipinski definition) is 2. The standard InChI is InChI=1S/C19H24N4O3/c1-19(2,18(25)26)23-13-10-16(21-23)20-17(24)14-8-4-5-9-15(14)22-11-6-3-7-12-22/h4-5,8-10,13H,3,6-7,11-12H2,1-2H3,(H,25,26)(H,20,21,24). The van der Waals surface area contributed by atoms with Crippen LogP contribution in [0.5, 0.6) is 0 Å². The summed E-state index contributed by atoms with van der Waals surface area (Å²) in [6.07, 6.45) is 5.04. The summed E-state index contributed by atoms with van der Waals surface area (Å²) in [7, 11) is 0. The second-order valence-electron chi connectivity index (χ2n) is 7.03. The monoisotopic (exact) mass is 356 g/mol. The molecule has 0 aliphatic carbocycles. The smallest absolute Gasteiger partial charge is 0.331 e. The highest BCUT2D eigenvalue weighted by Crippen LogP contribution is 2.25. The molecule has 1 fully saturated rings. The number of benzene rings is 1. The van der Waals surface area contributed by atoms with E-state index in [-0.39, 0.29) is 5.91 Å². The SMILES string of the molecule is CC(C)(C(=O)O)n1ccc(NC(=O)c2ccccc2N2CCCCC2)n1. The number of amides is 1. The van der Waals surface area contributed by atoms with E-state index < -0.39 is 11.5 Å². The summed E-state index contributed by atoms with van der Waals surface area (Å²) in [6.45, 7) is 5.01. The maximum Gasteiger partial charge on any atom is 0.331 e. The second-order valence-corrected chi connectivity index (χ2v) is 7.03. The van der Waals surface area contributed by atoms with Crippen LogP contribution in [-0.4, -0.2) is 39.9 Å². The minimum atomic E-state index is -1.19. The van der Waals surface area contributed by atoms with Gasteiger partial charge in [-0.3, -0.25) is 9.48 Å². The first-order valence-corrected chi connectivity index (χ1v) is 8.84. The zero-order valence-corrected chi connectivity index (χ0v) is 15.1. The molecular weight excluding hydrogens is 332 g/mol. The van der Waals surface area contributed by atoms with Gasteiger partial charge < -0.3 is 15.3 Å². The zero-order valence-electron chi connectivity index (χ0n) is 15.1. The van der Waals surface area contributed by atoms with Crippen LogP contribution < -0.4 is 10.2 Å². The van der Waals surface area contributed by atoms with Gasteiger partial charge in [-0.2, -0.15) is 5.10 Å². The average Bonchev–Trinajstić information content (AvgIpc) is 3.11. The fraction of sp³-hybridized carbons (Fsp3) is 0.421. The summed E-state index contributed by atoms with van der Waals surface area (Å²) in [6, 6.07) is 9.15. The van der Waals surface area contributed by atoms with E-state index in [9.17, 15) is 14.7 Å². The Morgan fingerprint density at radius 2 is 1.81 bits per heavy atom. The van der Waals surface area contributed by atoms with Crippen molar-refractivity contribution in [2.75, 3.05) is 23.3 Å². The maximum absolute atomic E-state index is 12.8. The van der Waals surface area contributed by atoms with Gasteiger partial charge in [-0.25, -0.2) is 4.79 Å². The molecule has 2 aromatic rings. The first-order chi connectivity index (χ1) is 12.4. The summed E-state index contributed by atoms with van der Waals surface area (Å²) >= 11 is 0. The molecule has 3 rings (SSSR count). The molecule has 2 heterocycles. The molecule has 138 valence electrons. The Morgan fingerprint density at radius 1 is 1.12 bits per heavy atom. The average molecular weight is 356 g/mol. The van der Waals surface area contributed by atoms with E-state index in [1.54, 1.807) is 32.2 Å². The topological polar surface area (TPSA) is 87.5 Å². The van der Waals surface area contributed by atoms with E-state index in [1.807, 2.05) is 18.2 Å². The van der Waals surface area contributed by atoms with E-state index in [0.29, 0.717) is 11.4 Å². The number of piperidine rings is 1. The van der Waals surface area contributed by atoms with E-state index in [1.165, 1.54) is 11.1 Å². The molecule has 0 unspecified atom stereocenters. The highest BCUT2D eigenvalue weighted by atomic mass is 16.4. The number of carbonyl (C=O) groups is 2. The maximum atomic E-state index is 12.8. The third-order valence-corrected chi connectivity index (χ3v) is 4.77. The van der Waals surface area contributed by atoms with Crippen molar-refractivity contribution in [1.82, 2.24) is 9.78 Å². The zero-order chi connectivity index (χ0) is 18.7. The van der Waals surface area contributed by atoms with Crippen molar-refractivity contribution in [3.8, 4) is 0 Å². The van der Waals surface area contributed by atoms with E-state index in [2.05, 4.69) is 15.3 Å². The summed E-state index contributed by atoms with van der Waals surface area (Å²) in [5.41, 5.74) is 0.339. The van der Waals surface area contributed by atoms with Crippen molar-refractivity contribution in [2.45, 2.75) is 38.6 Å². The normalized spacial score (nSPS) is 14.9. The van der Waals surface area contributed by atoms with Crippen LogP contribution in [0, 0.1) is 0 Å². The highest BCUT2D eigenvalue weighted by Gasteiger charge is 2.30. The van der Waals surface area contributed by atoms with Crippen LogP contribution >= 0.6 is 0 Å². The molecule has 26 heavy (non-hydrogen) atoms. The molecule has 0 atom stereocenters. The number of nitrogens with zero attached hydrogens (tertiary/aromatic N) is 3. The van der Waals surface area contributed by atoms with Gasteiger partial charge in [0.05, 0.1) is 5.56 Å². The van der Waals surface area contributed by atoms with E-state index >= 15 is 0 Å². The van der Waals surface area contributed by atoms with Crippen molar-refractivity contribution in [3.05, 3.63) is 42.1 Å². The fourth-order valence-electron chi connectivity index (χ4n) is 3.06. The Hall–Kier alpha value is -2.83. The number of carboxylic acids is 1. The molecule has 7 nitrogen and oxygen atoms in total. The third kappa shape index (κ3) is 3.56. The van der Waals surface area contributed by atoms with Gasteiger partial charge in [0.2, 0.25) is 0 Å². The first-order valence-electron chi connectivity index (χ1n) is 8.84. The summed E-state index contributed by atoms with van der Waals surface area (Å²) in [4.78, 5) is 26.3. The molecule has 0 saturated carbocycles. The number of carbonyl (C=O) groups excluding carboxylic acids is 1. The Bertz CT molecular complexity index is 807. The first kappa shape index (κ1) is 18.0. The largest absolute Gasteiger partial charge is 0.479 e. The number of para-hydroxylation sites is 1. The van der Waals surface area contributed by atoms with Gasteiger partial charge in [-0.1, -0.05) is 12.1 Å². The molecule has 0 spiro atoms. The number of rotatable bonds is 5. The van der Waals surface area contributed by atoms with Crippen LogP contribution in [0.25, 0.3) is 0 Å². The molecule has 1 amide bonds. The summed E-state index contributed by atoms with van der Waals surface area (Å²) in [5, 5.41) is 16.3. The minimum Gasteiger partial charge on any atom is -0.479 e. The molecule has 0 radical (unpaired) electrons. The number of anilines is 2. The molecule has 2 N–H and O–H groups in total. The number of aliphatic carboxylic acids is 1. The summed E-state index contributed by atoms with van der Waals surface area (Å²) in [5.74, 6) is -0.906. The number of hydrogen-bond acceptors (Lipinski definition) is 4. The molecule has 1 saturated heterocycles. The number of aromatic nitrogens is 2. The van der Waals surface area contributed by atoms with Crippen molar-refractivity contribution < 1.29 is 14.7 Å². The van der Waals surface area contributed by atoms with Crippen LogP contribution in [0.15, 0.2) is 36.5 Å². The second kappa shape index (κ2) is 7.19. The van der Waals surface area contributed by atoms with Crippen LogP contribution in [0.3, 0.4) is 0 Å². The Labute approximate surface area is 152 Å². The van der Waals surface area contributed by atoms with Crippen molar-refractivity contribution in [2.24, 2.45) is 0 Å². The van der Waals surface area contributed by atoms with Crippen molar-refractivity contribution in [1.29, 1.82) is 0 Å². The molecule has 7 heteroatoms. The predicted octanol–water partition coefficient (Wildman–Crippen LogP) is 2.95.